The zero-order chi connectivity index (χ0) is 14.4. The topological polar surface area (TPSA) is 13.1 Å². The van der Waals surface area contributed by atoms with Crippen molar-refractivity contribution >= 4 is 56.1 Å². The molecule has 0 fully saturated rings. The summed E-state index contributed by atoms with van der Waals surface area (Å²) in [6.07, 6.45) is 0. The lowest BCUT2D eigenvalue weighted by molar-refractivity contribution is 0.667. The van der Waals surface area contributed by atoms with Gasteiger partial charge in [-0.3, -0.25) is 0 Å². The second kappa shape index (κ2) is 5.04. The number of fused-ring (bicyclic) bond motifs is 3. The first-order valence-corrected chi connectivity index (χ1v) is 8.06. The van der Waals surface area contributed by atoms with Gasteiger partial charge in [0.05, 0.1) is 8.59 Å². The fraction of sp³-hybridized carbons (Fsp3) is 0. The van der Waals surface area contributed by atoms with Crippen LogP contribution in [0.3, 0.4) is 0 Å². The second-order valence-electron chi connectivity index (χ2n) is 4.88. The highest BCUT2D eigenvalue weighted by Crippen LogP contribution is 2.40. The van der Waals surface area contributed by atoms with Crippen molar-refractivity contribution in [3.05, 3.63) is 69.3 Å². The van der Waals surface area contributed by atoms with Crippen LogP contribution in [0.15, 0.2) is 65.1 Å². The van der Waals surface area contributed by atoms with Gasteiger partial charge >= 0.3 is 0 Å². The molecule has 0 spiro atoms. The minimum atomic E-state index is 0.727. The molecule has 4 rings (SSSR count). The molecule has 0 amide bonds. The summed E-state index contributed by atoms with van der Waals surface area (Å²) >= 11 is 8.72. The summed E-state index contributed by atoms with van der Waals surface area (Å²) in [6.45, 7) is 0. The first-order chi connectivity index (χ1) is 10.3. The van der Waals surface area contributed by atoms with E-state index in [0.717, 1.165) is 41.7 Å². The van der Waals surface area contributed by atoms with Gasteiger partial charge in [0.2, 0.25) is 0 Å². The van der Waals surface area contributed by atoms with Crippen LogP contribution in [0.4, 0.5) is 0 Å². The predicted octanol–water partition coefficient (Wildman–Crippen LogP) is 6.51. The summed E-state index contributed by atoms with van der Waals surface area (Å²) in [4.78, 5) is 0. The Labute approximate surface area is 140 Å². The maximum atomic E-state index is 6.43. The highest BCUT2D eigenvalue weighted by atomic mass is 127. The molecule has 3 aromatic carbocycles. The molecule has 21 heavy (non-hydrogen) atoms. The maximum Gasteiger partial charge on any atom is 0.148 e. The highest BCUT2D eigenvalue weighted by Gasteiger charge is 2.16. The summed E-state index contributed by atoms with van der Waals surface area (Å²) in [5.74, 6) is 0. The van der Waals surface area contributed by atoms with Crippen molar-refractivity contribution in [2.45, 2.75) is 0 Å². The lowest BCUT2D eigenvalue weighted by atomic mass is 10.0. The number of benzene rings is 3. The summed E-state index contributed by atoms with van der Waals surface area (Å²) < 4.78 is 7.25. The lowest BCUT2D eigenvalue weighted by Crippen LogP contribution is -1.79. The minimum Gasteiger partial charge on any atom is -0.454 e. The quantitative estimate of drug-likeness (QED) is 0.330. The molecule has 1 aromatic heterocycles. The second-order valence-corrected chi connectivity index (χ2v) is 6.45. The average molecular weight is 405 g/mol. The Morgan fingerprint density at radius 1 is 0.810 bits per heavy atom. The van der Waals surface area contributed by atoms with Crippen LogP contribution in [-0.2, 0) is 0 Å². The van der Waals surface area contributed by atoms with E-state index in [1.165, 1.54) is 0 Å². The van der Waals surface area contributed by atoms with Crippen LogP contribution >= 0.6 is 34.2 Å². The van der Waals surface area contributed by atoms with E-state index in [4.69, 9.17) is 16.0 Å². The monoisotopic (exact) mass is 404 g/mol. The van der Waals surface area contributed by atoms with Gasteiger partial charge in [-0.2, -0.15) is 0 Å². The van der Waals surface area contributed by atoms with Gasteiger partial charge in [-0.1, -0.05) is 54.1 Å². The Morgan fingerprint density at radius 3 is 2.43 bits per heavy atom. The molecule has 0 bridgehead atoms. The van der Waals surface area contributed by atoms with E-state index in [0.29, 0.717) is 0 Å². The van der Waals surface area contributed by atoms with Crippen LogP contribution < -0.4 is 0 Å². The maximum absolute atomic E-state index is 6.43. The molecule has 0 aliphatic rings. The Balaban J connectivity index is 2.18. The van der Waals surface area contributed by atoms with Crippen LogP contribution in [0.25, 0.3) is 33.1 Å². The standard InChI is InChI=1S/C18H10ClIO/c19-14-10-9-12(11-5-2-1-3-6-11)18-16(14)13-7-4-8-15(20)17(13)21-18/h1-10H. The van der Waals surface area contributed by atoms with Gasteiger partial charge in [0.25, 0.3) is 0 Å². The number of halogens is 2. The zero-order valence-electron chi connectivity index (χ0n) is 10.9. The summed E-state index contributed by atoms with van der Waals surface area (Å²) in [5.41, 5.74) is 3.96. The highest BCUT2D eigenvalue weighted by molar-refractivity contribution is 14.1. The lowest BCUT2D eigenvalue weighted by Gasteiger charge is -2.03. The summed E-state index contributed by atoms with van der Waals surface area (Å²) in [5, 5.41) is 2.79. The van der Waals surface area contributed by atoms with Crippen molar-refractivity contribution in [1.82, 2.24) is 0 Å². The van der Waals surface area contributed by atoms with E-state index in [1.54, 1.807) is 0 Å². The number of hydrogen-bond acceptors (Lipinski definition) is 1. The Hall–Kier alpha value is -1.52. The van der Waals surface area contributed by atoms with Gasteiger partial charge in [-0.15, -0.1) is 0 Å². The first kappa shape index (κ1) is 13.2. The molecule has 0 saturated heterocycles. The van der Waals surface area contributed by atoms with Gasteiger partial charge < -0.3 is 4.42 Å². The Kier molecular flexibility index (Phi) is 3.16. The fourth-order valence-electron chi connectivity index (χ4n) is 2.67. The molecule has 0 unspecified atom stereocenters. The number of para-hydroxylation sites is 1. The number of hydrogen-bond donors (Lipinski definition) is 0. The van der Waals surface area contributed by atoms with Crippen molar-refractivity contribution in [2.24, 2.45) is 0 Å². The van der Waals surface area contributed by atoms with E-state index >= 15 is 0 Å². The summed E-state index contributed by atoms with van der Waals surface area (Å²) in [6, 6.07) is 20.3. The molecule has 1 heterocycles. The normalized spacial score (nSPS) is 11.3. The van der Waals surface area contributed by atoms with Gasteiger partial charge in [-0.25, -0.2) is 0 Å². The minimum absolute atomic E-state index is 0.727. The largest absolute Gasteiger partial charge is 0.454 e. The third-order valence-corrected chi connectivity index (χ3v) is 4.80. The van der Waals surface area contributed by atoms with Crippen LogP contribution in [-0.4, -0.2) is 0 Å². The molecule has 1 nitrogen and oxygen atoms in total. The average Bonchev–Trinajstić information content (AvgIpc) is 2.90. The van der Waals surface area contributed by atoms with Gasteiger partial charge in [-0.05, 0) is 46.4 Å². The first-order valence-electron chi connectivity index (χ1n) is 6.60. The molecule has 0 N–H and O–H groups in total. The molecular weight excluding hydrogens is 395 g/mol. The SMILES string of the molecule is Clc1ccc(-c2ccccc2)c2oc3c(I)cccc3c12. The van der Waals surface area contributed by atoms with Gasteiger partial charge in [0.1, 0.15) is 11.2 Å². The molecule has 0 radical (unpaired) electrons. The van der Waals surface area contributed by atoms with Gasteiger partial charge in [0, 0.05) is 16.3 Å². The van der Waals surface area contributed by atoms with Crippen LogP contribution in [0.1, 0.15) is 0 Å². The van der Waals surface area contributed by atoms with Crippen molar-refractivity contribution in [1.29, 1.82) is 0 Å². The van der Waals surface area contributed by atoms with Crippen LogP contribution in [0.2, 0.25) is 5.02 Å². The third kappa shape index (κ3) is 2.05. The molecule has 0 saturated carbocycles. The molecule has 3 heteroatoms. The molecule has 0 aliphatic carbocycles. The van der Waals surface area contributed by atoms with Crippen LogP contribution in [0, 0.1) is 3.57 Å². The summed E-state index contributed by atoms with van der Waals surface area (Å²) in [7, 11) is 0. The van der Waals surface area contributed by atoms with E-state index in [2.05, 4.69) is 40.8 Å². The van der Waals surface area contributed by atoms with E-state index < -0.39 is 0 Å². The molecule has 102 valence electrons. The van der Waals surface area contributed by atoms with Crippen molar-refractivity contribution in [3.63, 3.8) is 0 Å². The molecule has 0 aliphatic heterocycles. The number of rotatable bonds is 1. The van der Waals surface area contributed by atoms with E-state index in [-0.39, 0.29) is 0 Å². The van der Waals surface area contributed by atoms with Crippen molar-refractivity contribution < 1.29 is 4.42 Å². The van der Waals surface area contributed by atoms with Crippen LogP contribution in [0.5, 0.6) is 0 Å². The smallest absolute Gasteiger partial charge is 0.148 e. The zero-order valence-corrected chi connectivity index (χ0v) is 13.9. The Bertz CT molecular complexity index is 957. The predicted molar refractivity (Wildman–Crippen MR) is 96.9 cm³/mol. The van der Waals surface area contributed by atoms with E-state index in [9.17, 15) is 0 Å². The third-order valence-electron chi connectivity index (χ3n) is 3.63. The Morgan fingerprint density at radius 2 is 1.62 bits per heavy atom. The molecular formula is C18H10ClIO. The fourth-order valence-corrected chi connectivity index (χ4v) is 3.53. The number of furan rings is 1. The van der Waals surface area contributed by atoms with Gasteiger partial charge in [0.15, 0.2) is 0 Å². The molecule has 0 atom stereocenters. The van der Waals surface area contributed by atoms with Crippen molar-refractivity contribution in [2.75, 3.05) is 0 Å². The van der Waals surface area contributed by atoms with E-state index in [1.807, 2.05) is 42.5 Å². The molecule has 4 aromatic rings. The van der Waals surface area contributed by atoms with Crippen molar-refractivity contribution in [3.8, 4) is 11.1 Å².